The first-order valence-electron chi connectivity index (χ1n) is 7.72. The Kier molecular flexibility index (Phi) is 4.30. The molecule has 0 aromatic carbocycles. The van der Waals surface area contributed by atoms with Gasteiger partial charge in [-0.3, -0.25) is 9.69 Å². The van der Waals surface area contributed by atoms with Gasteiger partial charge in [0.2, 0.25) is 0 Å². The summed E-state index contributed by atoms with van der Waals surface area (Å²) in [6.07, 6.45) is 3.47. The summed E-state index contributed by atoms with van der Waals surface area (Å²) in [5.74, 6) is 0.401. The summed E-state index contributed by atoms with van der Waals surface area (Å²) in [5, 5.41) is 3.95. The molecular weight excluding hydrogens is 286 g/mol. The molecule has 7 heteroatoms. The molecule has 21 heavy (non-hydrogen) atoms. The predicted octanol–water partition coefficient (Wildman–Crippen LogP) is 1.47. The molecule has 2 fully saturated rings. The summed E-state index contributed by atoms with van der Waals surface area (Å²) >= 11 is 1.37. The zero-order valence-corrected chi connectivity index (χ0v) is 13.3. The van der Waals surface area contributed by atoms with Crippen molar-refractivity contribution < 1.29 is 4.79 Å². The molecule has 1 atom stereocenters. The lowest BCUT2D eigenvalue weighted by Crippen LogP contribution is -2.52. The number of fused-ring (bicyclic) bond motifs is 1. The number of hydrogen-bond acceptors (Lipinski definition) is 6. The van der Waals surface area contributed by atoms with Crippen LogP contribution in [0, 0.1) is 0 Å². The first kappa shape index (κ1) is 14.6. The van der Waals surface area contributed by atoms with Crippen LogP contribution in [0.4, 0.5) is 10.9 Å². The van der Waals surface area contributed by atoms with Crippen LogP contribution < -0.4 is 11.1 Å². The third-order valence-corrected chi connectivity index (χ3v) is 5.27. The normalized spacial score (nSPS) is 22.3. The van der Waals surface area contributed by atoms with Crippen LogP contribution in [-0.2, 0) is 0 Å². The zero-order chi connectivity index (χ0) is 14.8. The molecule has 0 spiro atoms. The fourth-order valence-corrected chi connectivity index (χ4v) is 3.99. The lowest BCUT2D eigenvalue weighted by atomic mass is 10.1. The van der Waals surface area contributed by atoms with E-state index in [-0.39, 0.29) is 5.91 Å². The van der Waals surface area contributed by atoms with E-state index in [0.29, 0.717) is 16.7 Å². The molecule has 0 bridgehead atoms. The number of carbonyl (C=O) groups excluding carboxylic acids is 1. The number of nitrogens with two attached hydrogens (primary N) is 1. The SMILES string of the molecule is CCCNc1nc(N)c(C(=O)N2CCN3CCCC3C2)s1. The maximum Gasteiger partial charge on any atom is 0.267 e. The van der Waals surface area contributed by atoms with E-state index in [1.54, 1.807) is 0 Å². The number of rotatable bonds is 4. The molecule has 3 rings (SSSR count). The molecule has 3 N–H and O–H groups in total. The molecule has 116 valence electrons. The second-order valence-corrected chi connectivity index (χ2v) is 6.74. The fourth-order valence-electron chi connectivity index (χ4n) is 3.11. The second kappa shape index (κ2) is 6.19. The molecule has 0 saturated carbocycles. The van der Waals surface area contributed by atoms with Crippen molar-refractivity contribution >= 4 is 28.2 Å². The minimum atomic E-state index is 0.0427. The standard InChI is InChI=1S/C14H23N5OS/c1-2-5-16-14-17-12(15)11(21-14)13(20)19-8-7-18-6-3-4-10(18)9-19/h10H,2-9,15H2,1H3,(H,16,17). The van der Waals surface area contributed by atoms with Gasteiger partial charge in [0.05, 0.1) is 0 Å². The van der Waals surface area contributed by atoms with Crippen LogP contribution in [0.25, 0.3) is 0 Å². The Morgan fingerprint density at radius 2 is 2.33 bits per heavy atom. The number of hydrogen-bond donors (Lipinski definition) is 2. The van der Waals surface area contributed by atoms with Gasteiger partial charge in [-0.15, -0.1) is 0 Å². The molecule has 1 aromatic rings. The van der Waals surface area contributed by atoms with E-state index in [4.69, 9.17) is 5.73 Å². The summed E-state index contributed by atoms with van der Waals surface area (Å²) in [5.41, 5.74) is 5.93. The molecule has 3 heterocycles. The highest BCUT2D eigenvalue weighted by molar-refractivity contribution is 7.18. The van der Waals surface area contributed by atoms with Crippen molar-refractivity contribution in [3.05, 3.63) is 4.88 Å². The van der Waals surface area contributed by atoms with Crippen molar-refractivity contribution in [1.29, 1.82) is 0 Å². The van der Waals surface area contributed by atoms with E-state index < -0.39 is 0 Å². The van der Waals surface area contributed by atoms with Crippen molar-refractivity contribution in [1.82, 2.24) is 14.8 Å². The number of nitrogens with zero attached hydrogens (tertiary/aromatic N) is 3. The Morgan fingerprint density at radius 1 is 1.48 bits per heavy atom. The van der Waals surface area contributed by atoms with Crippen molar-refractivity contribution in [3.63, 3.8) is 0 Å². The van der Waals surface area contributed by atoms with Gasteiger partial charge in [0.15, 0.2) is 5.13 Å². The molecule has 2 saturated heterocycles. The molecule has 1 amide bonds. The largest absolute Gasteiger partial charge is 0.382 e. The van der Waals surface area contributed by atoms with Gasteiger partial charge >= 0.3 is 0 Å². The van der Waals surface area contributed by atoms with Gasteiger partial charge in [0.1, 0.15) is 10.7 Å². The number of amides is 1. The lowest BCUT2D eigenvalue weighted by molar-refractivity contribution is 0.0576. The quantitative estimate of drug-likeness (QED) is 0.881. The number of aromatic nitrogens is 1. The Balaban J connectivity index is 1.68. The van der Waals surface area contributed by atoms with Crippen LogP contribution in [0.2, 0.25) is 0 Å². The van der Waals surface area contributed by atoms with E-state index in [2.05, 4.69) is 22.1 Å². The van der Waals surface area contributed by atoms with Gasteiger partial charge in [-0.25, -0.2) is 4.98 Å². The summed E-state index contributed by atoms with van der Waals surface area (Å²) in [6.45, 7) is 6.73. The third-order valence-electron chi connectivity index (χ3n) is 4.25. The predicted molar refractivity (Wildman–Crippen MR) is 85.8 cm³/mol. The molecule has 2 aliphatic heterocycles. The van der Waals surface area contributed by atoms with E-state index in [0.717, 1.165) is 37.7 Å². The van der Waals surface area contributed by atoms with Gasteiger partial charge in [0.25, 0.3) is 5.91 Å². The minimum Gasteiger partial charge on any atom is -0.382 e. The van der Waals surface area contributed by atoms with Crippen LogP contribution in [-0.4, -0.2) is 59.5 Å². The topological polar surface area (TPSA) is 74.5 Å². The third kappa shape index (κ3) is 2.98. The highest BCUT2D eigenvalue weighted by Crippen LogP contribution is 2.28. The number of thiazole rings is 1. The maximum atomic E-state index is 12.7. The van der Waals surface area contributed by atoms with Gasteiger partial charge < -0.3 is 16.0 Å². The summed E-state index contributed by atoms with van der Waals surface area (Å²) in [6, 6.07) is 0.537. The van der Waals surface area contributed by atoms with Crippen LogP contribution in [0.15, 0.2) is 0 Å². The van der Waals surface area contributed by atoms with Gasteiger partial charge in [-0.2, -0.15) is 0 Å². The first-order chi connectivity index (χ1) is 10.2. The smallest absolute Gasteiger partial charge is 0.267 e. The van der Waals surface area contributed by atoms with E-state index in [1.165, 1.54) is 30.7 Å². The molecule has 1 aromatic heterocycles. The molecule has 0 aliphatic carbocycles. The Morgan fingerprint density at radius 3 is 3.14 bits per heavy atom. The molecule has 1 unspecified atom stereocenters. The molecule has 6 nitrogen and oxygen atoms in total. The molecular formula is C14H23N5OS. The van der Waals surface area contributed by atoms with Crippen LogP contribution in [0.3, 0.4) is 0 Å². The summed E-state index contributed by atoms with van der Waals surface area (Å²) in [7, 11) is 0. The number of carbonyl (C=O) groups is 1. The van der Waals surface area contributed by atoms with Crippen molar-refractivity contribution in [2.45, 2.75) is 32.2 Å². The lowest BCUT2D eigenvalue weighted by Gasteiger charge is -2.37. The van der Waals surface area contributed by atoms with Gasteiger partial charge in [-0.05, 0) is 25.8 Å². The fraction of sp³-hybridized carbons (Fsp3) is 0.714. The number of anilines is 2. The number of piperazine rings is 1. The van der Waals surface area contributed by atoms with Crippen LogP contribution >= 0.6 is 11.3 Å². The Labute approximate surface area is 129 Å². The highest BCUT2D eigenvalue weighted by atomic mass is 32.1. The van der Waals surface area contributed by atoms with Crippen molar-refractivity contribution in [3.8, 4) is 0 Å². The summed E-state index contributed by atoms with van der Waals surface area (Å²) in [4.78, 5) is 21.9. The van der Waals surface area contributed by atoms with Crippen LogP contribution in [0.5, 0.6) is 0 Å². The molecule has 0 radical (unpaired) electrons. The molecule has 2 aliphatic rings. The first-order valence-corrected chi connectivity index (χ1v) is 8.54. The van der Waals surface area contributed by atoms with E-state index >= 15 is 0 Å². The average molecular weight is 309 g/mol. The Bertz CT molecular complexity index is 517. The van der Waals surface area contributed by atoms with Gasteiger partial charge in [0, 0.05) is 32.2 Å². The number of nitrogens with one attached hydrogen (secondary N) is 1. The van der Waals surface area contributed by atoms with Crippen LogP contribution in [0.1, 0.15) is 35.9 Å². The second-order valence-electron chi connectivity index (χ2n) is 5.74. The summed E-state index contributed by atoms with van der Waals surface area (Å²) < 4.78 is 0. The van der Waals surface area contributed by atoms with E-state index in [9.17, 15) is 4.79 Å². The van der Waals surface area contributed by atoms with E-state index in [1.807, 2.05) is 4.90 Å². The monoisotopic (exact) mass is 309 g/mol. The average Bonchev–Trinajstić information content (AvgIpc) is 3.09. The number of nitrogen functional groups attached to an aromatic ring is 1. The van der Waals surface area contributed by atoms with Crippen molar-refractivity contribution in [2.24, 2.45) is 0 Å². The highest BCUT2D eigenvalue weighted by Gasteiger charge is 2.34. The van der Waals surface area contributed by atoms with Gasteiger partial charge in [-0.1, -0.05) is 18.3 Å². The minimum absolute atomic E-state index is 0.0427. The van der Waals surface area contributed by atoms with Crippen molar-refractivity contribution in [2.75, 3.05) is 43.8 Å². The maximum absolute atomic E-state index is 12.7. The Hall–Kier alpha value is -1.34. The zero-order valence-electron chi connectivity index (χ0n) is 12.5.